The minimum atomic E-state index is -0.433. The molecule has 26 heavy (non-hydrogen) atoms. The van der Waals surface area contributed by atoms with Crippen LogP contribution in [-0.2, 0) is 9.53 Å². The summed E-state index contributed by atoms with van der Waals surface area (Å²) in [7, 11) is 1.58. The molecule has 1 aliphatic rings. The number of ether oxygens (including phenoxy) is 1. The van der Waals surface area contributed by atoms with Crippen LogP contribution in [0.1, 0.15) is 12.5 Å². The summed E-state index contributed by atoms with van der Waals surface area (Å²) >= 11 is 0. The molecule has 0 radical (unpaired) electrons. The molecule has 1 amide bonds. The maximum atomic E-state index is 14.2. The van der Waals surface area contributed by atoms with Gasteiger partial charge in [0.15, 0.2) is 0 Å². The van der Waals surface area contributed by atoms with Crippen molar-refractivity contribution in [1.29, 1.82) is 0 Å². The average molecular weight is 359 g/mol. The van der Waals surface area contributed by atoms with E-state index in [1.807, 2.05) is 6.92 Å². The zero-order valence-corrected chi connectivity index (χ0v) is 14.4. The summed E-state index contributed by atoms with van der Waals surface area (Å²) in [4.78, 5) is 12.0. The monoisotopic (exact) mass is 359 g/mol. The van der Waals surface area contributed by atoms with Gasteiger partial charge in [-0.05, 0) is 43.3 Å². The van der Waals surface area contributed by atoms with Crippen molar-refractivity contribution in [2.75, 3.05) is 29.7 Å². The fourth-order valence-electron chi connectivity index (χ4n) is 2.74. The number of rotatable bonds is 6. The first-order valence-electron chi connectivity index (χ1n) is 8.11. The van der Waals surface area contributed by atoms with Gasteiger partial charge in [-0.3, -0.25) is 4.79 Å². The maximum absolute atomic E-state index is 14.2. The van der Waals surface area contributed by atoms with E-state index in [9.17, 15) is 13.6 Å². The molecule has 1 heterocycles. The average Bonchev–Trinajstić information content (AvgIpc) is 2.90. The second-order valence-corrected chi connectivity index (χ2v) is 6.04. The first-order chi connectivity index (χ1) is 12.5. The van der Waals surface area contributed by atoms with Crippen molar-refractivity contribution in [2.45, 2.75) is 13.0 Å². The molecule has 3 rings (SSSR count). The first kappa shape index (κ1) is 17.9. The number of halogens is 2. The second kappa shape index (κ2) is 7.53. The quantitative estimate of drug-likeness (QED) is 0.686. The standard InChI is InChI=1S/C19H19F2N3O2/c1-11(10-26-2)23-18-6-4-13(8-16(18)21)22-9-15-14-7-12(20)3-5-17(14)24-19(15)25/h3-9,11,22-23H,10H2,1-2H3,(H,24,25). The van der Waals surface area contributed by atoms with Crippen LogP contribution < -0.4 is 16.0 Å². The summed E-state index contributed by atoms with van der Waals surface area (Å²) in [5.41, 5.74) is 2.13. The number of fused-ring (bicyclic) bond motifs is 1. The van der Waals surface area contributed by atoms with Gasteiger partial charge in [0.05, 0.1) is 17.9 Å². The molecule has 0 fully saturated rings. The van der Waals surface area contributed by atoms with Gasteiger partial charge >= 0.3 is 0 Å². The van der Waals surface area contributed by atoms with Crippen molar-refractivity contribution in [1.82, 2.24) is 0 Å². The summed E-state index contributed by atoms with van der Waals surface area (Å²) in [5, 5.41) is 8.55. The molecule has 136 valence electrons. The molecule has 0 saturated heterocycles. The molecule has 3 N–H and O–H groups in total. The molecule has 0 saturated carbocycles. The lowest BCUT2D eigenvalue weighted by molar-refractivity contribution is -0.110. The molecular weight excluding hydrogens is 340 g/mol. The summed E-state index contributed by atoms with van der Waals surface area (Å²) in [5.74, 6) is -1.21. The molecule has 0 aliphatic carbocycles. The predicted octanol–water partition coefficient (Wildman–Crippen LogP) is 3.82. The summed E-state index contributed by atoms with van der Waals surface area (Å²) in [6.45, 7) is 2.34. The van der Waals surface area contributed by atoms with Crippen LogP contribution >= 0.6 is 0 Å². The highest BCUT2D eigenvalue weighted by Crippen LogP contribution is 2.32. The van der Waals surface area contributed by atoms with Gasteiger partial charge in [-0.25, -0.2) is 8.78 Å². The maximum Gasteiger partial charge on any atom is 0.257 e. The normalized spacial score (nSPS) is 15.5. The summed E-state index contributed by atoms with van der Waals surface area (Å²) < 4.78 is 32.7. The third-order valence-corrected chi connectivity index (χ3v) is 3.94. The van der Waals surface area contributed by atoms with E-state index in [0.717, 1.165) is 0 Å². The molecule has 0 aromatic heterocycles. The molecule has 0 bridgehead atoms. The molecule has 0 spiro atoms. The topological polar surface area (TPSA) is 62.4 Å². The van der Waals surface area contributed by atoms with Crippen molar-refractivity contribution in [2.24, 2.45) is 0 Å². The van der Waals surface area contributed by atoms with Crippen molar-refractivity contribution in [3.05, 3.63) is 59.8 Å². The van der Waals surface area contributed by atoms with E-state index in [-0.39, 0.29) is 17.5 Å². The van der Waals surface area contributed by atoms with Crippen LogP contribution in [0.15, 0.2) is 42.6 Å². The molecule has 5 nitrogen and oxygen atoms in total. The summed E-state index contributed by atoms with van der Waals surface area (Å²) in [6, 6.07) is 8.63. The van der Waals surface area contributed by atoms with E-state index in [4.69, 9.17) is 4.74 Å². The molecular formula is C19H19F2N3O2. The SMILES string of the molecule is COCC(C)Nc1ccc(NC=C2C(=O)Nc3ccc(F)cc32)cc1F. The van der Waals surface area contributed by atoms with Crippen LogP contribution in [-0.4, -0.2) is 25.7 Å². The molecule has 1 aliphatic heterocycles. The third kappa shape index (κ3) is 3.83. The Balaban J connectivity index is 1.76. The zero-order chi connectivity index (χ0) is 18.7. The van der Waals surface area contributed by atoms with E-state index in [2.05, 4.69) is 16.0 Å². The minimum absolute atomic E-state index is 0.0380. The van der Waals surface area contributed by atoms with Gasteiger partial charge in [0.25, 0.3) is 5.91 Å². The molecule has 1 unspecified atom stereocenters. The van der Waals surface area contributed by atoms with E-state index in [1.54, 1.807) is 19.2 Å². The van der Waals surface area contributed by atoms with Crippen LogP contribution in [0, 0.1) is 11.6 Å². The van der Waals surface area contributed by atoms with Gasteiger partial charge < -0.3 is 20.7 Å². The Hall–Kier alpha value is -2.93. The summed E-state index contributed by atoms with van der Waals surface area (Å²) in [6.07, 6.45) is 1.44. The Morgan fingerprint density at radius 2 is 2.04 bits per heavy atom. The Morgan fingerprint density at radius 1 is 1.23 bits per heavy atom. The number of methoxy groups -OCH3 is 1. The number of hydrogen-bond acceptors (Lipinski definition) is 4. The fraction of sp³-hybridized carbons (Fsp3) is 0.211. The van der Waals surface area contributed by atoms with E-state index in [1.165, 1.54) is 30.5 Å². The van der Waals surface area contributed by atoms with E-state index in [0.29, 0.717) is 29.2 Å². The first-order valence-corrected chi connectivity index (χ1v) is 8.11. The number of nitrogens with one attached hydrogen (secondary N) is 3. The van der Waals surface area contributed by atoms with Gasteiger partial charge in [-0.15, -0.1) is 0 Å². The lowest BCUT2D eigenvalue weighted by atomic mass is 10.1. The Morgan fingerprint density at radius 3 is 2.77 bits per heavy atom. The fourth-order valence-corrected chi connectivity index (χ4v) is 2.74. The van der Waals surface area contributed by atoms with Crippen molar-refractivity contribution in [3.8, 4) is 0 Å². The highest BCUT2D eigenvalue weighted by Gasteiger charge is 2.24. The molecule has 7 heteroatoms. The van der Waals surface area contributed by atoms with Crippen LogP contribution in [0.3, 0.4) is 0 Å². The third-order valence-electron chi connectivity index (χ3n) is 3.94. The molecule has 1 atom stereocenters. The van der Waals surface area contributed by atoms with Gasteiger partial charge in [0, 0.05) is 36.3 Å². The lowest BCUT2D eigenvalue weighted by Crippen LogP contribution is -2.21. The number of carbonyl (C=O) groups is 1. The van der Waals surface area contributed by atoms with Gasteiger partial charge in [-0.1, -0.05) is 0 Å². The Labute approximate surface area is 150 Å². The van der Waals surface area contributed by atoms with Gasteiger partial charge in [0.1, 0.15) is 11.6 Å². The number of carbonyl (C=O) groups excluding carboxylic acids is 1. The highest BCUT2D eigenvalue weighted by atomic mass is 19.1. The second-order valence-electron chi connectivity index (χ2n) is 6.04. The van der Waals surface area contributed by atoms with Crippen LogP contribution in [0.5, 0.6) is 0 Å². The van der Waals surface area contributed by atoms with E-state index < -0.39 is 11.6 Å². The molecule has 2 aromatic carbocycles. The van der Waals surface area contributed by atoms with Crippen molar-refractivity contribution < 1.29 is 18.3 Å². The lowest BCUT2D eigenvalue weighted by Gasteiger charge is -2.15. The van der Waals surface area contributed by atoms with Crippen molar-refractivity contribution in [3.63, 3.8) is 0 Å². The highest BCUT2D eigenvalue weighted by molar-refractivity contribution is 6.31. The van der Waals surface area contributed by atoms with Crippen molar-refractivity contribution >= 4 is 28.5 Å². The molecule has 2 aromatic rings. The minimum Gasteiger partial charge on any atom is -0.383 e. The number of benzene rings is 2. The number of amides is 1. The zero-order valence-electron chi connectivity index (χ0n) is 14.4. The predicted molar refractivity (Wildman–Crippen MR) is 98.0 cm³/mol. The van der Waals surface area contributed by atoms with Crippen LogP contribution in [0.4, 0.5) is 25.8 Å². The Kier molecular flexibility index (Phi) is 5.18. The van der Waals surface area contributed by atoms with Gasteiger partial charge in [0.2, 0.25) is 0 Å². The van der Waals surface area contributed by atoms with Crippen LogP contribution in [0.25, 0.3) is 5.57 Å². The smallest absolute Gasteiger partial charge is 0.257 e. The Bertz CT molecular complexity index is 868. The largest absolute Gasteiger partial charge is 0.383 e. The number of hydrogen-bond donors (Lipinski definition) is 3. The van der Waals surface area contributed by atoms with Gasteiger partial charge in [-0.2, -0.15) is 0 Å². The van der Waals surface area contributed by atoms with Crippen LogP contribution in [0.2, 0.25) is 0 Å². The van der Waals surface area contributed by atoms with E-state index >= 15 is 0 Å². The number of anilines is 3.